The molecule has 1 aliphatic rings. The van der Waals surface area contributed by atoms with Gasteiger partial charge in [0.1, 0.15) is 0 Å². The van der Waals surface area contributed by atoms with Gasteiger partial charge in [-0.2, -0.15) is 10.2 Å². The second-order valence-electron chi connectivity index (χ2n) is 7.90. The Balaban J connectivity index is 1.45. The number of nitrogens with zero attached hydrogens (tertiary/aromatic N) is 3. The van der Waals surface area contributed by atoms with Gasteiger partial charge < -0.3 is 5.32 Å². The molecule has 0 spiro atoms. The minimum atomic E-state index is -0.266. The summed E-state index contributed by atoms with van der Waals surface area (Å²) in [4.78, 5) is 24.4. The quantitative estimate of drug-likeness (QED) is 0.465. The molecule has 160 valence electrons. The van der Waals surface area contributed by atoms with Gasteiger partial charge >= 0.3 is 0 Å². The van der Waals surface area contributed by atoms with E-state index in [-0.39, 0.29) is 11.5 Å². The van der Waals surface area contributed by atoms with Crippen molar-refractivity contribution in [3.63, 3.8) is 0 Å². The van der Waals surface area contributed by atoms with Crippen LogP contribution in [0.2, 0.25) is 5.02 Å². The third kappa shape index (κ3) is 3.94. The average molecular weight is 446 g/mol. The molecule has 1 amide bonds. The number of amides is 1. The van der Waals surface area contributed by atoms with Crippen molar-refractivity contribution in [2.45, 2.75) is 25.7 Å². The van der Waals surface area contributed by atoms with E-state index in [0.29, 0.717) is 27.9 Å². The Hall–Kier alpha value is -3.71. The van der Waals surface area contributed by atoms with E-state index < -0.39 is 0 Å². The highest BCUT2D eigenvalue weighted by Crippen LogP contribution is 2.42. The predicted octanol–water partition coefficient (Wildman–Crippen LogP) is 4.71. The van der Waals surface area contributed by atoms with E-state index in [1.807, 2.05) is 54.1 Å². The normalized spacial score (nSPS) is 13.2. The van der Waals surface area contributed by atoms with E-state index in [2.05, 4.69) is 20.6 Å². The van der Waals surface area contributed by atoms with E-state index >= 15 is 0 Å². The Morgan fingerprint density at radius 3 is 2.72 bits per heavy atom. The van der Waals surface area contributed by atoms with Crippen molar-refractivity contribution in [3.05, 3.63) is 93.0 Å². The smallest absolute Gasteiger partial charge is 0.264 e. The Morgan fingerprint density at radius 1 is 1.16 bits per heavy atom. The minimum absolute atomic E-state index is 0.220. The first-order chi connectivity index (χ1) is 15.5. The van der Waals surface area contributed by atoms with Crippen LogP contribution in [0.1, 0.15) is 40.4 Å². The number of aryl methyl sites for hydroxylation is 1. The molecular formula is C24H20ClN5O2. The van der Waals surface area contributed by atoms with Crippen LogP contribution in [-0.4, -0.2) is 25.9 Å². The van der Waals surface area contributed by atoms with Crippen molar-refractivity contribution < 1.29 is 4.79 Å². The van der Waals surface area contributed by atoms with Crippen molar-refractivity contribution in [3.8, 4) is 16.9 Å². The van der Waals surface area contributed by atoms with E-state index in [4.69, 9.17) is 11.6 Å². The summed E-state index contributed by atoms with van der Waals surface area (Å²) in [6.45, 7) is 1.95. The molecular weight excluding hydrogens is 426 g/mol. The molecule has 1 fully saturated rings. The summed E-state index contributed by atoms with van der Waals surface area (Å²) in [5.74, 6) is 0.0814. The molecule has 0 radical (unpaired) electrons. The van der Waals surface area contributed by atoms with Gasteiger partial charge in [0.05, 0.1) is 28.8 Å². The number of H-pyrrole nitrogens is 1. The second kappa shape index (κ2) is 8.09. The lowest BCUT2D eigenvalue weighted by molar-refractivity contribution is 0.102. The predicted molar refractivity (Wildman–Crippen MR) is 124 cm³/mol. The highest BCUT2D eigenvalue weighted by atomic mass is 35.5. The Labute approximate surface area is 189 Å². The molecule has 0 aliphatic heterocycles. The van der Waals surface area contributed by atoms with Crippen molar-refractivity contribution in [2.75, 3.05) is 5.32 Å². The molecule has 2 aromatic carbocycles. The fourth-order valence-electron chi connectivity index (χ4n) is 3.66. The average Bonchev–Trinajstić information content (AvgIpc) is 3.54. The zero-order valence-corrected chi connectivity index (χ0v) is 18.1. The summed E-state index contributed by atoms with van der Waals surface area (Å²) in [6, 6.07) is 16.2. The maximum Gasteiger partial charge on any atom is 0.264 e. The van der Waals surface area contributed by atoms with Gasteiger partial charge in [-0.3, -0.25) is 9.59 Å². The van der Waals surface area contributed by atoms with Gasteiger partial charge in [0.25, 0.3) is 11.5 Å². The molecule has 0 atom stereocenters. The zero-order chi connectivity index (χ0) is 22.2. The SMILES string of the molecule is Cc1ccc(-n2ncc(C(=O)Nc3cccc(-c4ccc(=O)[nH]n4)c3)c2C2CC2)cc1Cl. The molecule has 2 N–H and O–H groups in total. The summed E-state index contributed by atoms with van der Waals surface area (Å²) < 4.78 is 1.82. The van der Waals surface area contributed by atoms with Crippen molar-refractivity contribution in [1.29, 1.82) is 0 Å². The van der Waals surface area contributed by atoms with E-state index in [1.165, 1.54) is 6.07 Å². The molecule has 0 saturated heterocycles. The molecule has 5 rings (SSSR count). The number of aromatic amines is 1. The third-order valence-electron chi connectivity index (χ3n) is 5.51. The Bertz CT molecular complexity index is 1370. The van der Waals surface area contributed by atoms with Gasteiger partial charge in [0.15, 0.2) is 0 Å². The zero-order valence-electron chi connectivity index (χ0n) is 17.3. The molecule has 1 saturated carbocycles. The maximum atomic E-state index is 13.2. The highest BCUT2D eigenvalue weighted by molar-refractivity contribution is 6.31. The van der Waals surface area contributed by atoms with Crippen molar-refractivity contribution in [2.24, 2.45) is 0 Å². The fourth-order valence-corrected chi connectivity index (χ4v) is 3.84. The van der Waals surface area contributed by atoms with Crippen LogP contribution in [0.3, 0.4) is 0 Å². The third-order valence-corrected chi connectivity index (χ3v) is 5.92. The number of nitrogens with one attached hydrogen (secondary N) is 2. The second-order valence-corrected chi connectivity index (χ2v) is 8.31. The first-order valence-corrected chi connectivity index (χ1v) is 10.7. The number of carbonyl (C=O) groups excluding carboxylic acids is 1. The molecule has 2 aromatic heterocycles. The summed E-state index contributed by atoms with van der Waals surface area (Å²) in [6.07, 6.45) is 3.67. The van der Waals surface area contributed by atoms with Crippen LogP contribution in [-0.2, 0) is 0 Å². The largest absolute Gasteiger partial charge is 0.322 e. The summed E-state index contributed by atoms with van der Waals surface area (Å²) in [5, 5.41) is 14.6. The van der Waals surface area contributed by atoms with Crippen molar-refractivity contribution >= 4 is 23.2 Å². The van der Waals surface area contributed by atoms with Crippen molar-refractivity contribution in [1.82, 2.24) is 20.0 Å². The molecule has 0 unspecified atom stereocenters. The van der Waals surface area contributed by atoms with Crippen LogP contribution >= 0.6 is 11.6 Å². The number of rotatable bonds is 5. The van der Waals surface area contributed by atoms with Gasteiger partial charge in [-0.05, 0) is 55.7 Å². The molecule has 1 aliphatic carbocycles. The first kappa shape index (κ1) is 20.2. The lowest BCUT2D eigenvalue weighted by Crippen LogP contribution is -2.14. The van der Waals surface area contributed by atoms with E-state index in [1.54, 1.807) is 12.3 Å². The summed E-state index contributed by atoms with van der Waals surface area (Å²) in [5.41, 5.74) is 5.05. The summed E-state index contributed by atoms with van der Waals surface area (Å²) in [7, 11) is 0. The molecule has 8 heteroatoms. The van der Waals surface area contributed by atoms with Gasteiger partial charge in [-0.25, -0.2) is 9.78 Å². The van der Waals surface area contributed by atoms with E-state index in [9.17, 15) is 9.59 Å². The molecule has 2 heterocycles. The monoisotopic (exact) mass is 445 g/mol. The van der Waals surface area contributed by atoms with Crippen LogP contribution in [0, 0.1) is 6.92 Å². The van der Waals surface area contributed by atoms with Crippen LogP contribution in [0.15, 0.2) is 65.6 Å². The standard InChI is InChI=1S/C24H20ClN5O2/c1-14-5-8-18(12-20(14)25)30-23(15-6-7-15)19(13-26-30)24(32)27-17-4-2-3-16(11-17)21-9-10-22(31)29-28-21/h2-5,8-13,15H,6-7H2,1H3,(H,27,32)(H,29,31). The van der Waals surface area contributed by atoms with Gasteiger partial charge in [0.2, 0.25) is 0 Å². The molecule has 4 aromatic rings. The number of carbonyl (C=O) groups is 1. The number of halogens is 1. The topological polar surface area (TPSA) is 92.7 Å². The van der Waals surface area contributed by atoms with Gasteiger partial charge in [-0.1, -0.05) is 29.8 Å². The Morgan fingerprint density at radius 2 is 2.00 bits per heavy atom. The minimum Gasteiger partial charge on any atom is -0.322 e. The molecule has 32 heavy (non-hydrogen) atoms. The van der Waals surface area contributed by atoms with Gasteiger partial charge in [-0.15, -0.1) is 0 Å². The van der Waals surface area contributed by atoms with Crippen LogP contribution in [0.5, 0.6) is 0 Å². The molecule has 0 bridgehead atoms. The highest BCUT2D eigenvalue weighted by Gasteiger charge is 2.33. The lowest BCUT2D eigenvalue weighted by atomic mass is 10.1. The number of aromatic nitrogens is 4. The summed E-state index contributed by atoms with van der Waals surface area (Å²) >= 11 is 6.32. The maximum absolute atomic E-state index is 13.2. The first-order valence-electron chi connectivity index (χ1n) is 10.3. The van der Waals surface area contributed by atoms with Gasteiger partial charge in [0, 0.05) is 28.3 Å². The Kier molecular flexibility index (Phi) is 5.11. The number of hydrogen-bond acceptors (Lipinski definition) is 4. The fraction of sp³-hybridized carbons (Fsp3) is 0.167. The number of anilines is 1. The van der Waals surface area contributed by atoms with E-state index in [0.717, 1.165) is 35.3 Å². The number of hydrogen-bond donors (Lipinski definition) is 2. The van der Waals surface area contributed by atoms with Crippen LogP contribution in [0.25, 0.3) is 16.9 Å². The number of benzene rings is 2. The van der Waals surface area contributed by atoms with Crippen LogP contribution < -0.4 is 10.9 Å². The van der Waals surface area contributed by atoms with Crippen LogP contribution in [0.4, 0.5) is 5.69 Å². The lowest BCUT2D eigenvalue weighted by Gasteiger charge is -2.11. The molecule has 7 nitrogen and oxygen atoms in total.